The van der Waals surface area contributed by atoms with Crippen molar-refractivity contribution < 1.29 is 9.53 Å². The van der Waals surface area contributed by atoms with E-state index >= 15 is 0 Å². The van der Waals surface area contributed by atoms with Crippen LogP contribution in [0.15, 0.2) is 88.7 Å². The molecule has 1 fully saturated rings. The molecule has 1 saturated heterocycles. The number of cyclic esters (lactones) is 1. The molecule has 0 saturated carbocycles. The van der Waals surface area contributed by atoms with Crippen molar-refractivity contribution in [2.24, 2.45) is 15.7 Å². The molecule has 5 rings (SSSR count). The predicted octanol–water partition coefficient (Wildman–Crippen LogP) is 2.64. The van der Waals surface area contributed by atoms with E-state index < -0.39 is 5.97 Å². The Hall–Kier alpha value is -4.20. The fraction of sp³-hybridized carbons (Fsp3) is 0.167. The minimum atomic E-state index is -0.450. The van der Waals surface area contributed by atoms with Crippen molar-refractivity contribution in [3.63, 3.8) is 0 Å². The monoisotopic (exact) mass is 426 g/mol. The molecule has 0 radical (unpaired) electrons. The number of carbonyl (C=O) groups excluding carboxylic acids is 1. The molecule has 2 aromatic carbocycles. The van der Waals surface area contributed by atoms with Gasteiger partial charge in [-0.05, 0) is 24.3 Å². The average Bonchev–Trinajstić information content (AvgIpc) is 3.19. The lowest BCUT2D eigenvalue weighted by Gasteiger charge is -2.34. The van der Waals surface area contributed by atoms with E-state index in [0.717, 1.165) is 22.2 Å². The maximum absolute atomic E-state index is 12.4. The van der Waals surface area contributed by atoms with Crippen LogP contribution in [0, 0.1) is 0 Å². The molecule has 160 valence electrons. The first-order chi connectivity index (χ1) is 15.7. The fourth-order valence-corrected chi connectivity index (χ4v) is 3.76. The third kappa shape index (κ3) is 4.02. The quantitative estimate of drug-likeness (QED) is 0.299. The number of para-hydroxylation sites is 2. The number of ether oxygens (including phenoxy) is 1. The van der Waals surface area contributed by atoms with E-state index in [2.05, 4.69) is 19.9 Å². The summed E-state index contributed by atoms with van der Waals surface area (Å²) in [4.78, 5) is 29.8. The zero-order valence-electron chi connectivity index (χ0n) is 17.4. The summed E-state index contributed by atoms with van der Waals surface area (Å²) < 4.78 is 5.47. The van der Waals surface area contributed by atoms with Crippen LogP contribution in [0.3, 0.4) is 0 Å². The van der Waals surface area contributed by atoms with Crippen molar-refractivity contribution in [1.29, 1.82) is 0 Å². The van der Waals surface area contributed by atoms with Crippen molar-refractivity contribution >= 4 is 34.4 Å². The van der Waals surface area contributed by atoms with Crippen LogP contribution < -0.4 is 5.73 Å². The molecule has 8 nitrogen and oxygen atoms in total. The summed E-state index contributed by atoms with van der Waals surface area (Å²) in [6, 6.07) is 19.2. The highest BCUT2D eigenvalue weighted by molar-refractivity contribution is 6.15. The van der Waals surface area contributed by atoms with E-state index in [4.69, 9.17) is 10.5 Å². The first-order valence-electron chi connectivity index (χ1n) is 10.4. The number of hydrogen-bond donors (Lipinski definition) is 1. The summed E-state index contributed by atoms with van der Waals surface area (Å²) in [6.07, 6.45) is 3.46. The molecular formula is C24H22N6O2. The van der Waals surface area contributed by atoms with Crippen LogP contribution in [0.25, 0.3) is 10.9 Å². The second-order valence-electron chi connectivity index (χ2n) is 7.53. The first-order valence-corrected chi connectivity index (χ1v) is 10.4. The molecule has 8 heteroatoms. The van der Waals surface area contributed by atoms with Gasteiger partial charge in [0.1, 0.15) is 0 Å². The molecule has 32 heavy (non-hydrogen) atoms. The summed E-state index contributed by atoms with van der Waals surface area (Å²) in [7, 11) is 0. The second-order valence-corrected chi connectivity index (χ2v) is 7.53. The van der Waals surface area contributed by atoms with Crippen molar-refractivity contribution in [2.75, 3.05) is 26.2 Å². The summed E-state index contributed by atoms with van der Waals surface area (Å²) in [5.41, 5.74) is 8.88. The van der Waals surface area contributed by atoms with Crippen LogP contribution in [-0.2, 0) is 9.53 Å². The highest BCUT2D eigenvalue weighted by Gasteiger charge is 2.27. The van der Waals surface area contributed by atoms with E-state index in [-0.39, 0.29) is 0 Å². The lowest BCUT2D eigenvalue weighted by atomic mass is 10.1. The van der Waals surface area contributed by atoms with E-state index in [1.54, 1.807) is 12.4 Å². The Morgan fingerprint density at radius 2 is 1.75 bits per heavy atom. The van der Waals surface area contributed by atoms with Gasteiger partial charge in [-0.2, -0.15) is 0 Å². The van der Waals surface area contributed by atoms with Crippen LogP contribution in [0.2, 0.25) is 0 Å². The van der Waals surface area contributed by atoms with E-state index in [1.165, 1.54) is 0 Å². The van der Waals surface area contributed by atoms with Gasteiger partial charge in [0, 0.05) is 49.5 Å². The molecule has 0 spiro atoms. The van der Waals surface area contributed by atoms with Gasteiger partial charge in [-0.15, -0.1) is 0 Å². The number of esters is 1. The number of nitrogens with zero attached hydrogens (tertiary/aromatic N) is 5. The van der Waals surface area contributed by atoms with Gasteiger partial charge in [-0.25, -0.2) is 14.8 Å². The SMILES string of the molecule is NC(=Nc1ccccc1)N1CCN(C=C2N=C(c3ccnc4ccccc34)OC2=O)CC1. The second kappa shape index (κ2) is 8.50. The molecule has 0 unspecified atom stereocenters. The number of hydrogen-bond acceptors (Lipinski definition) is 6. The average molecular weight is 426 g/mol. The topological polar surface area (TPSA) is 96.4 Å². The molecule has 0 atom stereocenters. The standard InChI is InChI=1S/C24H22N6O2/c25-24(27-17-6-2-1-3-7-17)30-14-12-29(13-15-30)16-21-23(31)32-22(28-21)19-10-11-26-20-9-5-4-8-18(19)20/h1-11,16H,12-15H2,(H2,25,27). The minimum Gasteiger partial charge on any atom is -0.402 e. The minimum absolute atomic E-state index is 0.292. The third-order valence-electron chi connectivity index (χ3n) is 5.44. The van der Waals surface area contributed by atoms with Crippen LogP contribution in [0.4, 0.5) is 5.69 Å². The lowest BCUT2D eigenvalue weighted by Crippen LogP contribution is -2.49. The van der Waals surface area contributed by atoms with Crippen LogP contribution in [-0.4, -0.2) is 58.8 Å². The number of nitrogens with two attached hydrogens (primary N) is 1. The van der Waals surface area contributed by atoms with Gasteiger partial charge in [0.05, 0.1) is 11.2 Å². The number of pyridine rings is 1. The maximum atomic E-state index is 12.4. The van der Waals surface area contributed by atoms with Gasteiger partial charge in [0.15, 0.2) is 11.7 Å². The Bertz CT molecular complexity index is 1240. The Kier molecular flexibility index (Phi) is 5.25. The smallest absolute Gasteiger partial charge is 0.365 e. The number of aliphatic imine (C=N–C) groups is 2. The Balaban J connectivity index is 1.29. The van der Waals surface area contributed by atoms with Crippen molar-refractivity contribution in [2.45, 2.75) is 0 Å². The number of carbonyl (C=O) groups is 1. The largest absolute Gasteiger partial charge is 0.402 e. The summed E-state index contributed by atoms with van der Waals surface area (Å²) >= 11 is 0. The zero-order chi connectivity index (χ0) is 21.9. The summed E-state index contributed by atoms with van der Waals surface area (Å²) in [5.74, 6) is 0.347. The molecule has 0 bridgehead atoms. The molecule has 2 N–H and O–H groups in total. The van der Waals surface area contributed by atoms with Gasteiger partial charge >= 0.3 is 5.97 Å². The number of fused-ring (bicyclic) bond motifs is 1. The predicted molar refractivity (Wildman–Crippen MR) is 123 cm³/mol. The van der Waals surface area contributed by atoms with Crippen LogP contribution in [0.5, 0.6) is 0 Å². The number of aromatic nitrogens is 1. The van der Waals surface area contributed by atoms with E-state index in [9.17, 15) is 4.79 Å². The van der Waals surface area contributed by atoms with Gasteiger partial charge in [0.25, 0.3) is 0 Å². The van der Waals surface area contributed by atoms with Crippen molar-refractivity contribution in [1.82, 2.24) is 14.8 Å². The van der Waals surface area contributed by atoms with Gasteiger partial charge in [0.2, 0.25) is 5.90 Å². The summed E-state index contributed by atoms with van der Waals surface area (Å²) in [5, 5.41) is 0.893. The van der Waals surface area contributed by atoms with E-state index in [0.29, 0.717) is 43.7 Å². The first kappa shape index (κ1) is 19.7. The summed E-state index contributed by atoms with van der Waals surface area (Å²) in [6.45, 7) is 2.80. The van der Waals surface area contributed by atoms with Crippen LogP contribution >= 0.6 is 0 Å². The third-order valence-corrected chi connectivity index (χ3v) is 5.44. The normalized spacial score (nSPS) is 18.2. The molecule has 0 amide bonds. The van der Waals surface area contributed by atoms with Gasteiger partial charge < -0.3 is 20.3 Å². The molecule has 3 heterocycles. The highest BCUT2D eigenvalue weighted by Crippen LogP contribution is 2.23. The molecular weight excluding hydrogens is 404 g/mol. The number of guanidine groups is 1. The molecule has 3 aromatic rings. The Morgan fingerprint density at radius 3 is 2.56 bits per heavy atom. The lowest BCUT2D eigenvalue weighted by molar-refractivity contribution is -0.130. The van der Waals surface area contributed by atoms with Gasteiger partial charge in [-0.1, -0.05) is 36.4 Å². The fourth-order valence-electron chi connectivity index (χ4n) is 3.76. The number of benzene rings is 2. The Labute approximate surface area is 185 Å². The van der Waals surface area contributed by atoms with Gasteiger partial charge in [-0.3, -0.25) is 4.98 Å². The molecule has 1 aromatic heterocycles. The van der Waals surface area contributed by atoms with E-state index in [1.807, 2.05) is 65.6 Å². The number of piperazine rings is 1. The Morgan fingerprint density at radius 1 is 1.00 bits per heavy atom. The van der Waals surface area contributed by atoms with Crippen molar-refractivity contribution in [3.05, 3.63) is 84.3 Å². The maximum Gasteiger partial charge on any atom is 0.365 e. The van der Waals surface area contributed by atoms with Crippen molar-refractivity contribution in [3.8, 4) is 0 Å². The number of rotatable bonds is 3. The highest BCUT2D eigenvalue weighted by atomic mass is 16.6. The molecule has 2 aliphatic rings. The molecule has 2 aliphatic heterocycles. The molecule has 0 aliphatic carbocycles. The van der Waals surface area contributed by atoms with Crippen LogP contribution in [0.1, 0.15) is 5.56 Å². The zero-order valence-corrected chi connectivity index (χ0v) is 17.4.